The first-order valence-corrected chi connectivity index (χ1v) is 7.17. The Kier molecular flexibility index (Phi) is 4.77. The summed E-state index contributed by atoms with van der Waals surface area (Å²) in [7, 11) is 0. The van der Waals surface area contributed by atoms with Crippen LogP contribution in [0.3, 0.4) is 0 Å². The molecule has 1 aliphatic carbocycles. The van der Waals surface area contributed by atoms with Gasteiger partial charge in [-0.05, 0) is 19.8 Å². The number of pyridine rings is 1. The number of hydrogen-bond acceptors (Lipinski definition) is 2. The Morgan fingerprint density at radius 2 is 1.84 bits per heavy atom. The van der Waals surface area contributed by atoms with E-state index in [0.717, 1.165) is 31.4 Å². The van der Waals surface area contributed by atoms with Crippen LogP contribution < -0.4 is 10.7 Å². The molecule has 0 bridgehead atoms. The smallest absolute Gasteiger partial charge is 0.256 e. The molecule has 4 nitrogen and oxygen atoms in total. The van der Waals surface area contributed by atoms with Crippen molar-refractivity contribution in [2.45, 2.75) is 57.9 Å². The second kappa shape index (κ2) is 6.55. The van der Waals surface area contributed by atoms with Gasteiger partial charge in [0.1, 0.15) is 5.56 Å². The highest BCUT2D eigenvalue weighted by Gasteiger charge is 2.16. The SMILES string of the molecule is Cc1cc(=O)c(C(=O)NC2CCCCCCC2)c[nH]1. The van der Waals surface area contributed by atoms with Crippen molar-refractivity contribution in [1.29, 1.82) is 0 Å². The standard InChI is InChI=1S/C15H22N2O2/c1-11-9-14(18)13(10-16-11)15(19)17-12-7-5-3-2-4-6-8-12/h9-10,12H,2-8H2,1H3,(H,16,18)(H,17,19). The van der Waals surface area contributed by atoms with Gasteiger partial charge in [-0.25, -0.2) is 0 Å². The summed E-state index contributed by atoms with van der Waals surface area (Å²) in [6.07, 6.45) is 9.68. The third-order valence-corrected chi connectivity index (χ3v) is 3.74. The molecule has 1 heterocycles. The Bertz CT molecular complexity index is 485. The number of H-pyrrole nitrogens is 1. The largest absolute Gasteiger partial charge is 0.364 e. The topological polar surface area (TPSA) is 62.0 Å². The van der Waals surface area contributed by atoms with Crippen LogP contribution in [0.25, 0.3) is 0 Å². The van der Waals surface area contributed by atoms with Crippen LogP contribution >= 0.6 is 0 Å². The molecule has 1 fully saturated rings. The fourth-order valence-corrected chi connectivity index (χ4v) is 2.61. The fraction of sp³-hybridized carbons (Fsp3) is 0.600. The zero-order chi connectivity index (χ0) is 13.7. The predicted octanol–water partition coefficient (Wildman–Crippen LogP) is 2.53. The lowest BCUT2D eigenvalue weighted by atomic mass is 9.96. The number of amides is 1. The molecule has 0 atom stereocenters. The average Bonchev–Trinajstić information content (AvgIpc) is 2.32. The first-order valence-electron chi connectivity index (χ1n) is 7.17. The van der Waals surface area contributed by atoms with Crippen LogP contribution in [0.2, 0.25) is 0 Å². The van der Waals surface area contributed by atoms with E-state index in [2.05, 4.69) is 10.3 Å². The third-order valence-electron chi connectivity index (χ3n) is 3.74. The van der Waals surface area contributed by atoms with Gasteiger partial charge in [-0.2, -0.15) is 0 Å². The maximum absolute atomic E-state index is 12.1. The van der Waals surface area contributed by atoms with Crippen LogP contribution in [0.5, 0.6) is 0 Å². The van der Waals surface area contributed by atoms with Crippen molar-refractivity contribution >= 4 is 5.91 Å². The van der Waals surface area contributed by atoms with Crippen LogP contribution in [0.4, 0.5) is 0 Å². The molecule has 0 aliphatic heterocycles. The molecular formula is C15H22N2O2. The van der Waals surface area contributed by atoms with Gasteiger partial charge in [0.2, 0.25) is 0 Å². The van der Waals surface area contributed by atoms with Gasteiger partial charge in [-0.3, -0.25) is 9.59 Å². The van der Waals surface area contributed by atoms with Gasteiger partial charge in [-0.15, -0.1) is 0 Å². The highest BCUT2D eigenvalue weighted by Crippen LogP contribution is 2.17. The number of aromatic amines is 1. The highest BCUT2D eigenvalue weighted by molar-refractivity contribution is 5.93. The predicted molar refractivity (Wildman–Crippen MR) is 75.4 cm³/mol. The minimum Gasteiger partial charge on any atom is -0.364 e. The summed E-state index contributed by atoms with van der Waals surface area (Å²) in [6, 6.07) is 1.68. The first kappa shape index (κ1) is 13.8. The first-order chi connectivity index (χ1) is 9.16. The third kappa shape index (κ3) is 3.94. The quantitative estimate of drug-likeness (QED) is 0.860. The van der Waals surface area contributed by atoms with Crippen LogP contribution in [0, 0.1) is 6.92 Å². The Morgan fingerprint density at radius 1 is 1.21 bits per heavy atom. The van der Waals surface area contributed by atoms with E-state index < -0.39 is 0 Å². The number of aryl methyl sites for hydroxylation is 1. The second-order valence-electron chi connectivity index (χ2n) is 5.41. The monoisotopic (exact) mass is 262 g/mol. The fourth-order valence-electron chi connectivity index (χ4n) is 2.61. The summed E-state index contributed by atoms with van der Waals surface area (Å²) in [5.74, 6) is -0.244. The molecule has 1 amide bonds. The van der Waals surface area contributed by atoms with E-state index >= 15 is 0 Å². The number of nitrogens with one attached hydrogen (secondary N) is 2. The van der Waals surface area contributed by atoms with Gasteiger partial charge in [0.15, 0.2) is 5.43 Å². The summed E-state index contributed by atoms with van der Waals surface area (Å²) < 4.78 is 0. The van der Waals surface area contributed by atoms with Gasteiger partial charge in [0.25, 0.3) is 5.91 Å². The second-order valence-corrected chi connectivity index (χ2v) is 5.41. The molecule has 1 aromatic heterocycles. The Labute approximate surface area is 113 Å². The van der Waals surface area contributed by atoms with Crippen molar-refractivity contribution in [2.24, 2.45) is 0 Å². The zero-order valence-electron chi connectivity index (χ0n) is 11.5. The molecule has 19 heavy (non-hydrogen) atoms. The minimum atomic E-state index is -0.244. The number of hydrogen-bond donors (Lipinski definition) is 2. The summed E-state index contributed by atoms with van der Waals surface area (Å²) >= 11 is 0. The Balaban J connectivity index is 2.01. The van der Waals surface area contributed by atoms with E-state index in [9.17, 15) is 9.59 Å². The average molecular weight is 262 g/mol. The number of carbonyl (C=O) groups excluding carboxylic acids is 1. The molecule has 1 aromatic rings. The number of rotatable bonds is 2. The molecule has 1 saturated carbocycles. The molecule has 4 heteroatoms. The van der Waals surface area contributed by atoms with Gasteiger partial charge >= 0.3 is 0 Å². The minimum absolute atomic E-state index is 0.209. The lowest BCUT2D eigenvalue weighted by Gasteiger charge is -2.20. The molecule has 0 spiro atoms. The van der Waals surface area contributed by atoms with Crippen molar-refractivity contribution in [3.05, 3.63) is 33.7 Å². The van der Waals surface area contributed by atoms with Crippen LogP contribution in [0.15, 0.2) is 17.1 Å². The Morgan fingerprint density at radius 3 is 2.47 bits per heavy atom. The molecule has 2 rings (SSSR count). The Hall–Kier alpha value is -1.58. The maximum atomic E-state index is 12.1. The number of carbonyl (C=O) groups is 1. The van der Waals surface area contributed by atoms with E-state index in [4.69, 9.17) is 0 Å². The van der Waals surface area contributed by atoms with E-state index in [1.807, 2.05) is 0 Å². The van der Waals surface area contributed by atoms with Crippen LogP contribution in [0.1, 0.15) is 61.0 Å². The number of aromatic nitrogens is 1. The van der Waals surface area contributed by atoms with E-state index in [0.29, 0.717) is 0 Å². The molecule has 0 aromatic carbocycles. The maximum Gasteiger partial charge on any atom is 0.256 e. The van der Waals surface area contributed by atoms with Gasteiger partial charge in [0.05, 0.1) is 0 Å². The van der Waals surface area contributed by atoms with Crippen molar-refractivity contribution in [3.63, 3.8) is 0 Å². The molecule has 0 saturated heterocycles. The van der Waals surface area contributed by atoms with Crippen LogP contribution in [-0.4, -0.2) is 16.9 Å². The highest BCUT2D eigenvalue weighted by atomic mass is 16.2. The van der Waals surface area contributed by atoms with Crippen molar-refractivity contribution in [2.75, 3.05) is 0 Å². The molecular weight excluding hydrogens is 240 g/mol. The van der Waals surface area contributed by atoms with E-state index in [1.54, 1.807) is 6.92 Å². The van der Waals surface area contributed by atoms with Crippen molar-refractivity contribution in [1.82, 2.24) is 10.3 Å². The summed E-state index contributed by atoms with van der Waals surface area (Å²) in [6.45, 7) is 1.80. The van der Waals surface area contributed by atoms with Crippen LogP contribution in [-0.2, 0) is 0 Å². The lowest BCUT2D eigenvalue weighted by molar-refractivity contribution is 0.0929. The molecule has 0 radical (unpaired) electrons. The molecule has 1 aliphatic rings. The lowest BCUT2D eigenvalue weighted by Crippen LogP contribution is -2.37. The van der Waals surface area contributed by atoms with Gasteiger partial charge < -0.3 is 10.3 Å². The molecule has 0 unspecified atom stereocenters. The normalized spacial score (nSPS) is 17.5. The summed E-state index contributed by atoms with van der Waals surface area (Å²) in [5.41, 5.74) is 0.778. The van der Waals surface area contributed by atoms with E-state index in [-0.39, 0.29) is 22.9 Å². The van der Waals surface area contributed by atoms with Crippen molar-refractivity contribution in [3.8, 4) is 0 Å². The van der Waals surface area contributed by atoms with Gasteiger partial charge in [0, 0.05) is 24.0 Å². The summed E-state index contributed by atoms with van der Waals surface area (Å²) in [5, 5.41) is 3.00. The molecule has 104 valence electrons. The zero-order valence-corrected chi connectivity index (χ0v) is 11.5. The van der Waals surface area contributed by atoms with Crippen molar-refractivity contribution < 1.29 is 4.79 Å². The van der Waals surface area contributed by atoms with Gasteiger partial charge in [-0.1, -0.05) is 32.1 Å². The summed E-state index contributed by atoms with van der Waals surface area (Å²) in [4.78, 5) is 26.8. The van der Waals surface area contributed by atoms with E-state index in [1.165, 1.54) is 31.5 Å². The molecule has 2 N–H and O–H groups in total.